The summed E-state index contributed by atoms with van der Waals surface area (Å²) in [5.41, 5.74) is -3.12. The topological polar surface area (TPSA) is 62.3 Å². The molecule has 2 rings (SSSR count). The van der Waals surface area contributed by atoms with Crippen LogP contribution in [0.4, 0.5) is 32.0 Å². The molecule has 0 aliphatic carbocycles. The van der Waals surface area contributed by atoms with E-state index in [-0.39, 0.29) is 19.2 Å². The van der Waals surface area contributed by atoms with Gasteiger partial charge in [-0.25, -0.2) is 0 Å². The first kappa shape index (κ1) is 23.2. The lowest BCUT2D eigenvalue weighted by molar-refractivity contribution is -0.143. The van der Waals surface area contributed by atoms with E-state index in [0.29, 0.717) is 18.6 Å². The van der Waals surface area contributed by atoms with Gasteiger partial charge in [0.05, 0.1) is 11.1 Å². The van der Waals surface area contributed by atoms with Gasteiger partial charge in [-0.3, -0.25) is 14.6 Å². The van der Waals surface area contributed by atoms with Crippen LogP contribution in [0.2, 0.25) is 0 Å². The fourth-order valence-electron chi connectivity index (χ4n) is 2.57. The molecule has 0 unspecified atom stereocenters. The summed E-state index contributed by atoms with van der Waals surface area (Å²) in [5, 5.41) is 1.84. The van der Waals surface area contributed by atoms with Gasteiger partial charge in [0.25, 0.3) is 0 Å². The van der Waals surface area contributed by atoms with E-state index in [9.17, 15) is 35.9 Å². The number of likely N-dealkylation sites (N-methyl/N-ethyl adjacent to an activating group) is 1. The Morgan fingerprint density at radius 2 is 1.50 bits per heavy atom. The molecule has 1 heterocycles. The van der Waals surface area contributed by atoms with Crippen molar-refractivity contribution in [3.05, 3.63) is 59.4 Å². The third-order valence-electron chi connectivity index (χ3n) is 4.13. The molecule has 1 aromatic carbocycles. The summed E-state index contributed by atoms with van der Waals surface area (Å²) in [5.74, 6) is -2.41. The van der Waals surface area contributed by atoms with Crippen LogP contribution in [0.5, 0.6) is 0 Å². The first-order chi connectivity index (χ1) is 13.9. The molecular weight excluding hydrogens is 416 g/mol. The SMILES string of the molecule is CCN(CCc1ccncc1)C(=O)C(=O)Nc1cc(C(F)(F)F)cc(C(F)(F)F)c1. The summed E-state index contributed by atoms with van der Waals surface area (Å²) in [6, 6.07) is 4.03. The van der Waals surface area contributed by atoms with Crippen LogP contribution in [0.15, 0.2) is 42.7 Å². The van der Waals surface area contributed by atoms with Gasteiger partial charge in [-0.15, -0.1) is 0 Å². The number of pyridine rings is 1. The van der Waals surface area contributed by atoms with Gasteiger partial charge < -0.3 is 10.2 Å². The quantitative estimate of drug-likeness (QED) is 0.569. The number of hydrogen-bond acceptors (Lipinski definition) is 3. The zero-order chi connectivity index (χ0) is 22.5. The van der Waals surface area contributed by atoms with Gasteiger partial charge in [0.15, 0.2) is 0 Å². The van der Waals surface area contributed by atoms with Gasteiger partial charge in [0.2, 0.25) is 0 Å². The summed E-state index contributed by atoms with van der Waals surface area (Å²) in [7, 11) is 0. The number of hydrogen-bond donors (Lipinski definition) is 1. The molecule has 1 aromatic heterocycles. The number of carbonyl (C=O) groups excluding carboxylic acids is 2. The van der Waals surface area contributed by atoms with Gasteiger partial charge in [-0.2, -0.15) is 26.3 Å². The summed E-state index contributed by atoms with van der Waals surface area (Å²) in [6.07, 6.45) is -6.65. The van der Waals surface area contributed by atoms with E-state index in [1.54, 1.807) is 31.5 Å². The standard InChI is InChI=1S/C19H17F6N3O2/c1-2-28(8-5-12-3-6-26-7-4-12)17(30)16(29)27-15-10-13(18(20,21)22)9-14(11-15)19(23,24)25/h3-4,6-7,9-11H,2,5,8H2,1H3,(H,27,29). The fourth-order valence-corrected chi connectivity index (χ4v) is 2.57. The molecule has 0 fully saturated rings. The van der Waals surface area contributed by atoms with Crippen molar-refractivity contribution in [1.29, 1.82) is 0 Å². The van der Waals surface area contributed by atoms with Crippen molar-refractivity contribution in [2.75, 3.05) is 18.4 Å². The molecule has 11 heteroatoms. The number of nitrogens with zero attached hydrogens (tertiary/aromatic N) is 2. The largest absolute Gasteiger partial charge is 0.416 e. The Hall–Kier alpha value is -3.11. The Labute approximate surface area is 167 Å². The molecule has 5 nitrogen and oxygen atoms in total. The van der Waals surface area contributed by atoms with Gasteiger partial charge in [-0.1, -0.05) is 0 Å². The number of amides is 2. The smallest absolute Gasteiger partial charge is 0.334 e. The molecule has 1 N–H and O–H groups in total. The Morgan fingerprint density at radius 3 is 1.97 bits per heavy atom. The molecule has 0 radical (unpaired) electrons. The monoisotopic (exact) mass is 433 g/mol. The number of halogens is 6. The second-order valence-electron chi connectivity index (χ2n) is 6.24. The van der Waals surface area contributed by atoms with Crippen LogP contribution in [0.25, 0.3) is 0 Å². The maximum absolute atomic E-state index is 12.9. The Bertz CT molecular complexity index is 865. The predicted molar refractivity (Wildman–Crippen MR) is 95.3 cm³/mol. The van der Waals surface area contributed by atoms with E-state index >= 15 is 0 Å². The average Bonchev–Trinajstić information content (AvgIpc) is 2.67. The third kappa shape index (κ3) is 6.19. The lowest BCUT2D eigenvalue weighted by Gasteiger charge is -2.20. The number of aromatic nitrogens is 1. The highest BCUT2D eigenvalue weighted by molar-refractivity contribution is 6.39. The Morgan fingerprint density at radius 1 is 0.967 bits per heavy atom. The van der Waals surface area contributed by atoms with E-state index in [1.807, 2.05) is 5.32 Å². The molecular formula is C19H17F6N3O2. The Kier molecular flexibility index (Phi) is 7.06. The maximum Gasteiger partial charge on any atom is 0.416 e. The van der Waals surface area contributed by atoms with Crippen LogP contribution < -0.4 is 5.32 Å². The third-order valence-corrected chi connectivity index (χ3v) is 4.13. The summed E-state index contributed by atoms with van der Waals surface area (Å²) in [6.45, 7) is 1.83. The lowest BCUT2D eigenvalue weighted by Crippen LogP contribution is -2.40. The van der Waals surface area contributed by atoms with E-state index in [2.05, 4.69) is 4.98 Å². The first-order valence-corrected chi connectivity index (χ1v) is 8.70. The lowest BCUT2D eigenvalue weighted by atomic mass is 10.1. The van der Waals surface area contributed by atoms with E-state index in [4.69, 9.17) is 0 Å². The van der Waals surface area contributed by atoms with Crippen molar-refractivity contribution < 1.29 is 35.9 Å². The molecule has 0 atom stereocenters. The van der Waals surface area contributed by atoms with Crippen LogP contribution in [0, 0.1) is 0 Å². The van der Waals surface area contributed by atoms with Crippen molar-refractivity contribution in [3.63, 3.8) is 0 Å². The molecule has 0 saturated heterocycles. The van der Waals surface area contributed by atoms with Crippen LogP contribution >= 0.6 is 0 Å². The van der Waals surface area contributed by atoms with Crippen LogP contribution in [-0.2, 0) is 28.4 Å². The van der Waals surface area contributed by atoms with Crippen LogP contribution in [0.1, 0.15) is 23.6 Å². The van der Waals surface area contributed by atoms with Crippen LogP contribution in [-0.4, -0.2) is 34.8 Å². The molecule has 2 aromatic rings. The van der Waals surface area contributed by atoms with E-state index < -0.39 is 41.0 Å². The summed E-state index contributed by atoms with van der Waals surface area (Å²) >= 11 is 0. The highest BCUT2D eigenvalue weighted by atomic mass is 19.4. The van der Waals surface area contributed by atoms with Gasteiger partial charge in [0, 0.05) is 31.2 Å². The number of alkyl halides is 6. The van der Waals surface area contributed by atoms with Crippen molar-refractivity contribution in [3.8, 4) is 0 Å². The summed E-state index contributed by atoms with van der Waals surface area (Å²) < 4.78 is 77.5. The molecule has 0 bridgehead atoms. The number of rotatable bonds is 5. The molecule has 0 spiro atoms. The highest BCUT2D eigenvalue weighted by Crippen LogP contribution is 2.37. The zero-order valence-corrected chi connectivity index (χ0v) is 15.6. The molecule has 30 heavy (non-hydrogen) atoms. The van der Waals surface area contributed by atoms with Gasteiger partial charge >= 0.3 is 24.2 Å². The molecule has 0 aliphatic rings. The molecule has 2 amide bonds. The number of nitrogens with one attached hydrogen (secondary N) is 1. The minimum Gasteiger partial charge on any atom is -0.334 e. The van der Waals surface area contributed by atoms with Crippen molar-refractivity contribution in [1.82, 2.24) is 9.88 Å². The maximum atomic E-state index is 12.9. The molecule has 0 saturated carbocycles. The Balaban J connectivity index is 2.17. The number of carbonyl (C=O) groups is 2. The number of anilines is 1. The van der Waals surface area contributed by atoms with E-state index in [1.165, 1.54) is 0 Å². The highest BCUT2D eigenvalue weighted by Gasteiger charge is 2.37. The predicted octanol–water partition coefficient (Wildman–Crippen LogP) is 4.15. The zero-order valence-electron chi connectivity index (χ0n) is 15.6. The minimum absolute atomic E-state index is 0.0649. The van der Waals surface area contributed by atoms with Crippen molar-refractivity contribution >= 4 is 17.5 Å². The van der Waals surface area contributed by atoms with Crippen LogP contribution in [0.3, 0.4) is 0 Å². The number of benzene rings is 1. The second-order valence-corrected chi connectivity index (χ2v) is 6.24. The summed E-state index contributed by atoms with van der Waals surface area (Å²) in [4.78, 5) is 29.5. The second kappa shape index (κ2) is 9.14. The normalized spacial score (nSPS) is 11.8. The van der Waals surface area contributed by atoms with Gasteiger partial charge in [0.1, 0.15) is 0 Å². The molecule has 162 valence electrons. The molecule has 0 aliphatic heterocycles. The van der Waals surface area contributed by atoms with Crippen molar-refractivity contribution in [2.45, 2.75) is 25.7 Å². The fraction of sp³-hybridized carbons (Fsp3) is 0.316. The van der Waals surface area contributed by atoms with E-state index in [0.717, 1.165) is 10.5 Å². The average molecular weight is 433 g/mol. The first-order valence-electron chi connectivity index (χ1n) is 8.70. The minimum atomic E-state index is -5.06. The van der Waals surface area contributed by atoms with Crippen molar-refractivity contribution in [2.24, 2.45) is 0 Å². The van der Waals surface area contributed by atoms with Gasteiger partial charge in [-0.05, 0) is 49.2 Å².